The largest absolute Gasteiger partial charge is 0.508 e. The third kappa shape index (κ3) is 2.66. The molecule has 2 aliphatic carbocycles. The van der Waals surface area contributed by atoms with Crippen LogP contribution in [0.2, 0.25) is 0 Å². The molecule has 1 N–H and O–H groups in total. The van der Waals surface area contributed by atoms with Gasteiger partial charge in [0.1, 0.15) is 5.75 Å². The molecule has 1 saturated heterocycles. The molecule has 23 heavy (non-hydrogen) atoms. The molecular formula is C20H28BrNO. The standard InChI is InChI=1S/C20H27NO.BrH/c1-14(2)13-21-10-9-20-8-4-3-5-17(20)19(21)11-15-6-7-16(22)12-18(15)20;/h6-7,12,17,19,22H,1,3-5,8-11,13H2,2H3;1H/t17-,19-,20-;/m0./s1. The van der Waals surface area contributed by atoms with Gasteiger partial charge in [-0.3, -0.25) is 4.90 Å². The minimum atomic E-state index is 0. The number of nitrogens with zero attached hydrogens (tertiary/aromatic N) is 1. The normalized spacial score (nSPS) is 32.4. The van der Waals surface area contributed by atoms with Crippen molar-refractivity contribution in [1.82, 2.24) is 4.90 Å². The minimum absolute atomic E-state index is 0. The van der Waals surface area contributed by atoms with Gasteiger partial charge < -0.3 is 5.11 Å². The second kappa shape index (κ2) is 6.25. The molecule has 1 saturated carbocycles. The Labute approximate surface area is 150 Å². The van der Waals surface area contributed by atoms with Gasteiger partial charge in [-0.15, -0.1) is 17.0 Å². The summed E-state index contributed by atoms with van der Waals surface area (Å²) in [7, 11) is 0. The first kappa shape index (κ1) is 17.0. The number of benzene rings is 1. The first-order chi connectivity index (χ1) is 10.6. The van der Waals surface area contributed by atoms with Gasteiger partial charge in [0.2, 0.25) is 0 Å². The Morgan fingerprint density at radius 1 is 1.35 bits per heavy atom. The highest BCUT2D eigenvalue weighted by Crippen LogP contribution is 2.56. The minimum Gasteiger partial charge on any atom is -0.508 e. The molecule has 0 spiro atoms. The van der Waals surface area contributed by atoms with Gasteiger partial charge in [-0.25, -0.2) is 0 Å². The van der Waals surface area contributed by atoms with E-state index in [0.29, 0.717) is 17.2 Å². The zero-order chi connectivity index (χ0) is 15.3. The van der Waals surface area contributed by atoms with Crippen LogP contribution in [0.15, 0.2) is 30.4 Å². The molecule has 0 amide bonds. The lowest BCUT2D eigenvalue weighted by atomic mass is 9.52. The second-order valence-corrected chi connectivity index (χ2v) is 7.80. The molecule has 2 nitrogen and oxygen atoms in total. The van der Waals surface area contributed by atoms with Crippen LogP contribution in [0.4, 0.5) is 0 Å². The van der Waals surface area contributed by atoms with Gasteiger partial charge in [-0.05, 0) is 68.3 Å². The Kier molecular flexibility index (Phi) is 4.63. The monoisotopic (exact) mass is 377 g/mol. The van der Waals surface area contributed by atoms with Crippen LogP contribution in [0.25, 0.3) is 0 Å². The molecule has 3 heteroatoms. The number of likely N-dealkylation sites (tertiary alicyclic amines) is 1. The molecule has 126 valence electrons. The lowest BCUT2D eigenvalue weighted by Gasteiger charge is -2.59. The van der Waals surface area contributed by atoms with Crippen molar-refractivity contribution in [3.8, 4) is 5.75 Å². The van der Waals surface area contributed by atoms with Crippen LogP contribution in [-0.2, 0) is 11.8 Å². The number of rotatable bonds is 2. The van der Waals surface area contributed by atoms with Gasteiger partial charge in [0, 0.05) is 18.0 Å². The van der Waals surface area contributed by atoms with Gasteiger partial charge in [0.25, 0.3) is 0 Å². The van der Waals surface area contributed by atoms with E-state index in [-0.39, 0.29) is 17.0 Å². The lowest BCUT2D eigenvalue weighted by molar-refractivity contribution is -0.00642. The van der Waals surface area contributed by atoms with Crippen molar-refractivity contribution >= 4 is 17.0 Å². The summed E-state index contributed by atoms with van der Waals surface area (Å²) >= 11 is 0. The van der Waals surface area contributed by atoms with Gasteiger partial charge in [-0.2, -0.15) is 0 Å². The molecule has 0 aromatic heterocycles. The summed E-state index contributed by atoms with van der Waals surface area (Å²) in [5.74, 6) is 1.21. The third-order valence-electron chi connectivity index (χ3n) is 6.41. The number of phenolic OH excluding ortho intramolecular Hbond substituents is 1. The molecule has 1 aromatic rings. The summed E-state index contributed by atoms with van der Waals surface area (Å²) in [5, 5.41) is 10.0. The number of halogens is 1. The summed E-state index contributed by atoms with van der Waals surface area (Å²) in [6, 6.07) is 6.80. The smallest absolute Gasteiger partial charge is 0.115 e. The average molecular weight is 378 g/mol. The predicted octanol–water partition coefficient (Wildman–Crippen LogP) is 4.60. The molecule has 1 aliphatic heterocycles. The lowest BCUT2D eigenvalue weighted by Crippen LogP contribution is -2.61. The number of aromatic hydroxyl groups is 1. The van der Waals surface area contributed by atoms with Gasteiger partial charge in [0.15, 0.2) is 0 Å². The van der Waals surface area contributed by atoms with E-state index in [9.17, 15) is 5.11 Å². The molecule has 1 aromatic carbocycles. The van der Waals surface area contributed by atoms with E-state index in [2.05, 4.69) is 30.5 Å². The highest BCUT2D eigenvalue weighted by molar-refractivity contribution is 8.93. The first-order valence-corrected chi connectivity index (χ1v) is 8.81. The number of hydrogen-bond donors (Lipinski definition) is 1. The highest BCUT2D eigenvalue weighted by atomic mass is 79.9. The number of fused-ring (bicyclic) bond motifs is 1. The number of piperidine rings is 1. The average Bonchev–Trinajstić information content (AvgIpc) is 2.50. The summed E-state index contributed by atoms with van der Waals surface area (Å²) in [6.07, 6.45) is 7.78. The predicted molar refractivity (Wildman–Crippen MR) is 101 cm³/mol. The topological polar surface area (TPSA) is 23.5 Å². The molecule has 4 rings (SSSR count). The zero-order valence-corrected chi connectivity index (χ0v) is 15.8. The fourth-order valence-corrected chi connectivity index (χ4v) is 5.62. The van der Waals surface area contributed by atoms with Crippen LogP contribution in [0.1, 0.15) is 50.2 Å². The fourth-order valence-electron chi connectivity index (χ4n) is 5.62. The van der Waals surface area contributed by atoms with Crippen molar-refractivity contribution in [3.63, 3.8) is 0 Å². The quantitative estimate of drug-likeness (QED) is 0.760. The molecule has 0 unspecified atom stereocenters. The molecule has 1 heterocycles. The summed E-state index contributed by atoms with van der Waals surface area (Å²) in [4.78, 5) is 2.69. The van der Waals surface area contributed by atoms with Gasteiger partial charge >= 0.3 is 0 Å². The third-order valence-corrected chi connectivity index (χ3v) is 6.41. The Balaban J connectivity index is 0.00000156. The molecule has 2 bridgehead atoms. The van der Waals surface area contributed by atoms with E-state index >= 15 is 0 Å². The number of hydrogen-bond acceptors (Lipinski definition) is 2. The molecule has 0 radical (unpaired) electrons. The Morgan fingerprint density at radius 2 is 2.17 bits per heavy atom. The Hall–Kier alpha value is -0.800. The van der Waals surface area contributed by atoms with Crippen molar-refractivity contribution in [2.24, 2.45) is 5.92 Å². The van der Waals surface area contributed by atoms with Gasteiger partial charge in [0.05, 0.1) is 0 Å². The van der Waals surface area contributed by atoms with Crippen molar-refractivity contribution < 1.29 is 5.11 Å². The Bertz CT molecular complexity index is 614. The van der Waals surface area contributed by atoms with Crippen molar-refractivity contribution in [2.75, 3.05) is 13.1 Å². The van der Waals surface area contributed by atoms with Crippen molar-refractivity contribution in [1.29, 1.82) is 0 Å². The zero-order valence-electron chi connectivity index (χ0n) is 14.1. The fraction of sp³-hybridized carbons (Fsp3) is 0.600. The number of phenols is 1. The van der Waals surface area contributed by atoms with Crippen LogP contribution >= 0.6 is 17.0 Å². The van der Waals surface area contributed by atoms with E-state index in [1.54, 1.807) is 0 Å². The maximum atomic E-state index is 10.0. The van der Waals surface area contributed by atoms with E-state index in [4.69, 9.17) is 0 Å². The van der Waals surface area contributed by atoms with Crippen molar-refractivity contribution in [3.05, 3.63) is 41.5 Å². The van der Waals surface area contributed by atoms with Gasteiger partial charge in [-0.1, -0.05) is 31.1 Å². The molecule has 3 aliphatic rings. The molecule has 2 fully saturated rings. The van der Waals surface area contributed by atoms with Crippen LogP contribution in [-0.4, -0.2) is 29.1 Å². The summed E-state index contributed by atoms with van der Waals surface area (Å²) in [5.41, 5.74) is 4.57. The maximum Gasteiger partial charge on any atom is 0.115 e. The van der Waals surface area contributed by atoms with E-state index < -0.39 is 0 Å². The molecule has 3 atom stereocenters. The second-order valence-electron chi connectivity index (χ2n) is 7.80. The molecular weight excluding hydrogens is 350 g/mol. The van der Waals surface area contributed by atoms with Crippen molar-refractivity contribution in [2.45, 2.75) is 56.9 Å². The summed E-state index contributed by atoms with van der Waals surface area (Å²) in [6.45, 7) is 8.52. The van der Waals surface area contributed by atoms with E-state index in [1.165, 1.54) is 55.3 Å². The maximum absolute atomic E-state index is 10.0. The highest BCUT2D eigenvalue weighted by Gasteiger charge is 2.53. The van der Waals surface area contributed by atoms with E-state index in [0.717, 1.165) is 18.9 Å². The first-order valence-electron chi connectivity index (χ1n) is 8.81. The summed E-state index contributed by atoms with van der Waals surface area (Å²) < 4.78 is 0. The SMILES string of the molecule is Br.C=C(C)CN1CC[C@@]23CCCC[C@H]2[C@@H]1Cc1ccc(O)cc13. The van der Waals surface area contributed by atoms with E-state index in [1.807, 2.05) is 6.07 Å². The van der Waals surface area contributed by atoms with Crippen LogP contribution in [0.3, 0.4) is 0 Å². The van der Waals surface area contributed by atoms with Crippen LogP contribution < -0.4 is 0 Å². The Morgan fingerprint density at radius 3 is 2.96 bits per heavy atom. The van der Waals surface area contributed by atoms with Crippen LogP contribution in [0, 0.1) is 5.92 Å². The van der Waals surface area contributed by atoms with Crippen LogP contribution in [0.5, 0.6) is 5.75 Å².